The molecule has 2 aliphatic rings. The van der Waals surface area contributed by atoms with E-state index in [0.29, 0.717) is 23.7 Å². The number of ether oxygens (including phenoxy) is 2. The summed E-state index contributed by atoms with van der Waals surface area (Å²) < 4.78 is 10.5. The quantitative estimate of drug-likeness (QED) is 0.749. The molecule has 7 nitrogen and oxygen atoms in total. The van der Waals surface area contributed by atoms with Crippen LogP contribution in [0.25, 0.3) is 0 Å². The molecule has 1 atom stereocenters. The average Bonchev–Trinajstić information content (AvgIpc) is 3.21. The molecule has 0 spiro atoms. The summed E-state index contributed by atoms with van der Waals surface area (Å²) in [5, 5.41) is 5.79. The van der Waals surface area contributed by atoms with Crippen LogP contribution in [0.15, 0.2) is 18.2 Å². The number of anilines is 2. The van der Waals surface area contributed by atoms with Gasteiger partial charge >= 0.3 is 0 Å². The highest BCUT2D eigenvalue weighted by atomic mass is 16.5. The van der Waals surface area contributed by atoms with Crippen LogP contribution in [-0.4, -0.2) is 57.9 Å². The van der Waals surface area contributed by atoms with E-state index in [1.54, 1.807) is 6.07 Å². The molecule has 2 N–H and O–H groups in total. The zero-order chi connectivity index (χ0) is 19.9. The van der Waals surface area contributed by atoms with Crippen molar-refractivity contribution in [3.8, 4) is 0 Å². The van der Waals surface area contributed by atoms with Crippen molar-refractivity contribution in [3.63, 3.8) is 0 Å². The molecule has 1 aromatic rings. The largest absolute Gasteiger partial charge is 0.376 e. The van der Waals surface area contributed by atoms with Crippen LogP contribution >= 0.6 is 0 Å². The van der Waals surface area contributed by atoms with Crippen LogP contribution in [0, 0.1) is 5.92 Å². The maximum Gasteiger partial charge on any atom is 0.253 e. The Morgan fingerprint density at radius 2 is 2.04 bits per heavy atom. The Kier molecular flexibility index (Phi) is 7.28. The van der Waals surface area contributed by atoms with Crippen molar-refractivity contribution in [3.05, 3.63) is 23.8 Å². The minimum absolute atomic E-state index is 0.0215. The first-order chi connectivity index (χ1) is 13.6. The van der Waals surface area contributed by atoms with Gasteiger partial charge in [-0.1, -0.05) is 6.92 Å². The number of hydrogen-bond acceptors (Lipinski definition) is 5. The maximum atomic E-state index is 13.0. The van der Waals surface area contributed by atoms with E-state index in [0.717, 1.165) is 51.1 Å². The lowest BCUT2D eigenvalue weighted by molar-refractivity contribution is -0.119. The van der Waals surface area contributed by atoms with Gasteiger partial charge in [-0.25, -0.2) is 0 Å². The van der Waals surface area contributed by atoms with Gasteiger partial charge in [0.1, 0.15) is 6.61 Å². The van der Waals surface area contributed by atoms with Crippen LogP contribution in [0.5, 0.6) is 0 Å². The van der Waals surface area contributed by atoms with Crippen molar-refractivity contribution in [1.29, 1.82) is 0 Å². The molecule has 154 valence electrons. The number of hydrogen-bond donors (Lipinski definition) is 2. The molecule has 0 radical (unpaired) electrons. The van der Waals surface area contributed by atoms with Gasteiger partial charge in [-0.15, -0.1) is 0 Å². The van der Waals surface area contributed by atoms with Gasteiger partial charge in [0.2, 0.25) is 5.91 Å². The molecule has 0 saturated carbocycles. The van der Waals surface area contributed by atoms with Crippen LogP contribution in [0.3, 0.4) is 0 Å². The van der Waals surface area contributed by atoms with E-state index < -0.39 is 0 Å². The van der Waals surface area contributed by atoms with Gasteiger partial charge in [-0.05, 0) is 49.8 Å². The van der Waals surface area contributed by atoms with Crippen molar-refractivity contribution in [2.24, 2.45) is 5.92 Å². The molecule has 0 aromatic heterocycles. The molecular formula is C21H31N3O4. The molecule has 2 aliphatic heterocycles. The van der Waals surface area contributed by atoms with E-state index in [9.17, 15) is 9.59 Å². The maximum absolute atomic E-state index is 13.0. The second-order valence-corrected chi connectivity index (χ2v) is 7.73. The summed E-state index contributed by atoms with van der Waals surface area (Å²) in [5.41, 5.74) is 2.10. The second kappa shape index (κ2) is 9.89. The minimum atomic E-state index is -0.243. The fourth-order valence-electron chi connectivity index (χ4n) is 3.76. The summed E-state index contributed by atoms with van der Waals surface area (Å²) in [4.78, 5) is 27.1. The lowest BCUT2D eigenvalue weighted by Gasteiger charge is -2.33. The lowest BCUT2D eigenvalue weighted by Crippen LogP contribution is -2.36. The number of carbonyl (C=O) groups is 2. The van der Waals surface area contributed by atoms with E-state index >= 15 is 0 Å². The summed E-state index contributed by atoms with van der Waals surface area (Å²) in [5.74, 6) is 0.334. The van der Waals surface area contributed by atoms with Gasteiger partial charge in [0.25, 0.3) is 5.91 Å². The number of rotatable bonds is 7. The molecule has 28 heavy (non-hydrogen) atoms. The summed E-state index contributed by atoms with van der Waals surface area (Å²) >= 11 is 0. The van der Waals surface area contributed by atoms with Crippen molar-refractivity contribution in [2.75, 3.05) is 50.2 Å². The Labute approximate surface area is 166 Å². The third-order valence-electron chi connectivity index (χ3n) is 5.44. The van der Waals surface area contributed by atoms with Crippen LogP contribution < -0.4 is 15.5 Å². The third kappa shape index (κ3) is 5.45. The fourth-order valence-corrected chi connectivity index (χ4v) is 3.76. The van der Waals surface area contributed by atoms with Crippen molar-refractivity contribution in [2.45, 2.75) is 38.7 Å². The molecule has 2 fully saturated rings. The van der Waals surface area contributed by atoms with Gasteiger partial charge in [0.05, 0.1) is 11.7 Å². The van der Waals surface area contributed by atoms with E-state index in [1.807, 2.05) is 12.1 Å². The van der Waals surface area contributed by atoms with Crippen molar-refractivity contribution < 1.29 is 19.1 Å². The van der Waals surface area contributed by atoms with Gasteiger partial charge in [0.15, 0.2) is 0 Å². The van der Waals surface area contributed by atoms with E-state index in [1.165, 1.54) is 7.11 Å². The number of nitrogens with one attached hydrogen (secondary N) is 2. The Balaban J connectivity index is 1.76. The summed E-state index contributed by atoms with van der Waals surface area (Å²) in [7, 11) is 1.48. The Morgan fingerprint density at radius 3 is 2.71 bits per heavy atom. The monoisotopic (exact) mass is 389 g/mol. The molecule has 2 saturated heterocycles. The summed E-state index contributed by atoms with van der Waals surface area (Å²) in [6.45, 7) is 5.38. The predicted molar refractivity (Wildman–Crippen MR) is 109 cm³/mol. The smallest absolute Gasteiger partial charge is 0.253 e. The third-order valence-corrected chi connectivity index (χ3v) is 5.44. The van der Waals surface area contributed by atoms with Gasteiger partial charge in [-0.2, -0.15) is 0 Å². The standard InChI is InChI=1S/C21H31N3O4/c1-15-7-9-24(10-8-15)19-6-5-16(23-20(25)14-27-2)12-18(19)21(26)22-13-17-4-3-11-28-17/h5-6,12,15,17H,3-4,7-11,13-14H2,1-2H3,(H,22,26)(H,23,25)/t17-/m0/s1. The fraction of sp³-hybridized carbons (Fsp3) is 0.619. The molecule has 1 aromatic carbocycles. The summed E-state index contributed by atoms with van der Waals surface area (Å²) in [6, 6.07) is 5.53. The predicted octanol–water partition coefficient (Wildman–Crippen LogP) is 2.42. The highest BCUT2D eigenvalue weighted by Crippen LogP contribution is 2.29. The molecular weight excluding hydrogens is 358 g/mol. The van der Waals surface area contributed by atoms with Gasteiger partial charge < -0.3 is 25.0 Å². The normalized spacial score (nSPS) is 20.2. The first kappa shape index (κ1) is 20.6. The first-order valence-corrected chi connectivity index (χ1v) is 10.1. The SMILES string of the molecule is COCC(=O)Nc1ccc(N2CCC(C)CC2)c(C(=O)NC[C@@H]2CCCO2)c1. The highest BCUT2D eigenvalue weighted by Gasteiger charge is 2.23. The van der Waals surface area contributed by atoms with E-state index in [4.69, 9.17) is 9.47 Å². The van der Waals surface area contributed by atoms with E-state index in [2.05, 4.69) is 22.5 Å². The number of methoxy groups -OCH3 is 1. The average molecular weight is 389 g/mol. The number of carbonyl (C=O) groups excluding carboxylic acids is 2. The Hall–Kier alpha value is -2.12. The van der Waals surface area contributed by atoms with Gasteiger partial charge in [-0.3, -0.25) is 9.59 Å². The van der Waals surface area contributed by atoms with Crippen LogP contribution in [-0.2, 0) is 14.3 Å². The number of amides is 2. The molecule has 3 rings (SSSR count). The number of piperidine rings is 1. The van der Waals surface area contributed by atoms with Gasteiger partial charge in [0, 0.05) is 44.7 Å². The molecule has 0 unspecified atom stereocenters. The van der Waals surface area contributed by atoms with Crippen molar-refractivity contribution in [1.82, 2.24) is 5.32 Å². The van der Waals surface area contributed by atoms with Crippen molar-refractivity contribution >= 4 is 23.2 Å². The minimum Gasteiger partial charge on any atom is -0.376 e. The molecule has 0 bridgehead atoms. The second-order valence-electron chi connectivity index (χ2n) is 7.73. The highest BCUT2D eigenvalue weighted by molar-refractivity contribution is 6.02. The van der Waals surface area contributed by atoms with E-state index in [-0.39, 0.29) is 24.5 Å². The van der Waals surface area contributed by atoms with Crippen LogP contribution in [0.4, 0.5) is 11.4 Å². The number of nitrogens with zero attached hydrogens (tertiary/aromatic N) is 1. The molecule has 7 heteroatoms. The first-order valence-electron chi connectivity index (χ1n) is 10.1. The molecule has 2 amide bonds. The zero-order valence-electron chi connectivity index (χ0n) is 16.8. The zero-order valence-corrected chi connectivity index (χ0v) is 16.8. The van der Waals surface area contributed by atoms with Crippen LogP contribution in [0.2, 0.25) is 0 Å². The van der Waals surface area contributed by atoms with Crippen LogP contribution in [0.1, 0.15) is 43.0 Å². The number of benzene rings is 1. The Bertz CT molecular complexity index is 680. The Morgan fingerprint density at radius 1 is 1.25 bits per heavy atom. The lowest BCUT2D eigenvalue weighted by atomic mass is 9.97. The molecule has 0 aliphatic carbocycles. The topological polar surface area (TPSA) is 79.9 Å². The molecule has 2 heterocycles. The summed E-state index contributed by atoms with van der Waals surface area (Å²) in [6.07, 6.45) is 4.34.